The van der Waals surface area contributed by atoms with E-state index in [0.717, 1.165) is 30.9 Å². The van der Waals surface area contributed by atoms with E-state index in [4.69, 9.17) is 13.9 Å². The van der Waals surface area contributed by atoms with Crippen molar-refractivity contribution >= 4 is 5.91 Å². The highest BCUT2D eigenvalue weighted by Crippen LogP contribution is 2.23. The molecule has 0 aliphatic carbocycles. The topological polar surface area (TPSA) is 64.8 Å². The highest BCUT2D eigenvalue weighted by atomic mass is 16.5. The number of aryl methyl sites for hydroxylation is 2. The van der Waals surface area contributed by atoms with Crippen molar-refractivity contribution in [1.29, 1.82) is 0 Å². The van der Waals surface area contributed by atoms with Crippen LogP contribution in [0.15, 0.2) is 28.7 Å². The Morgan fingerprint density at radius 3 is 2.92 bits per heavy atom. The van der Waals surface area contributed by atoms with E-state index in [-0.39, 0.29) is 5.91 Å². The van der Waals surface area contributed by atoms with Crippen LogP contribution in [0.3, 0.4) is 0 Å². The largest absolute Gasteiger partial charge is 0.497 e. The van der Waals surface area contributed by atoms with Crippen molar-refractivity contribution in [2.75, 3.05) is 26.8 Å². The minimum Gasteiger partial charge on any atom is -0.497 e. The molecule has 2 aromatic rings. The summed E-state index contributed by atoms with van der Waals surface area (Å²) in [6, 6.07) is 7.58. The summed E-state index contributed by atoms with van der Waals surface area (Å²) in [5.74, 6) is 2.77. The molecule has 1 aromatic heterocycles. The smallest absolute Gasteiger partial charge is 0.291 e. The molecule has 3 rings (SSSR count). The predicted octanol–water partition coefficient (Wildman–Crippen LogP) is 3.49. The number of benzene rings is 1. The first-order chi connectivity index (χ1) is 12.6. The second kappa shape index (κ2) is 8.25. The van der Waals surface area contributed by atoms with Crippen LogP contribution >= 0.6 is 0 Å². The SMILES string of the molecule is CCc1nc(C)c(C(=O)N2CCC[C@@H](COc3cccc(OC)c3)C2)o1. The van der Waals surface area contributed by atoms with Gasteiger partial charge in [0.2, 0.25) is 5.76 Å². The Labute approximate surface area is 154 Å². The molecule has 2 heterocycles. The van der Waals surface area contributed by atoms with Gasteiger partial charge >= 0.3 is 0 Å². The first-order valence-corrected chi connectivity index (χ1v) is 9.13. The third-order valence-corrected chi connectivity index (χ3v) is 4.67. The summed E-state index contributed by atoms with van der Waals surface area (Å²) in [4.78, 5) is 19.0. The van der Waals surface area contributed by atoms with Crippen molar-refractivity contribution in [3.8, 4) is 11.5 Å². The number of ether oxygens (including phenoxy) is 2. The van der Waals surface area contributed by atoms with Crippen LogP contribution in [0.25, 0.3) is 0 Å². The Morgan fingerprint density at radius 2 is 2.19 bits per heavy atom. The quantitative estimate of drug-likeness (QED) is 0.791. The van der Waals surface area contributed by atoms with Crippen LogP contribution in [0.1, 0.15) is 41.9 Å². The summed E-state index contributed by atoms with van der Waals surface area (Å²) in [5.41, 5.74) is 0.668. The molecule has 1 amide bonds. The maximum absolute atomic E-state index is 12.8. The molecule has 1 atom stereocenters. The van der Waals surface area contributed by atoms with Gasteiger partial charge in [0.25, 0.3) is 5.91 Å². The molecule has 1 aliphatic heterocycles. The maximum atomic E-state index is 12.8. The average molecular weight is 358 g/mol. The lowest BCUT2D eigenvalue weighted by atomic mass is 9.98. The number of amides is 1. The lowest BCUT2D eigenvalue weighted by molar-refractivity contribution is 0.0599. The van der Waals surface area contributed by atoms with Crippen LogP contribution in [-0.4, -0.2) is 42.6 Å². The second-order valence-corrected chi connectivity index (χ2v) is 6.63. The van der Waals surface area contributed by atoms with E-state index >= 15 is 0 Å². The van der Waals surface area contributed by atoms with Gasteiger partial charge in [0, 0.05) is 31.5 Å². The van der Waals surface area contributed by atoms with Gasteiger partial charge < -0.3 is 18.8 Å². The first kappa shape index (κ1) is 18.3. The number of hydrogen-bond acceptors (Lipinski definition) is 5. The van der Waals surface area contributed by atoms with E-state index in [0.29, 0.717) is 42.8 Å². The molecule has 6 nitrogen and oxygen atoms in total. The molecule has 140 valence electrons. The lowest BCUT2D eigenvalue weighted by Crippen LogP contribution is -2.41. The Hall–Kier alpha value is -2.50. The van der Waals surface area contributed by atoms with E-state index in [2.05, 4.69) is 4.98 Å². The van der Waals surface area contributed by atoms with Gasteiger partial charge in [0.15, 0.2) is 5.89 Å². The molecular weight excluding hydrogens is 332 g/mol. The molecule has 0 bridgehead atoms. The number of piperidine rings is 1. The van der Waals surface area contributed by atoms with Crippen molar-refractivity contribution in [2.45, 2.75) is 33.1 Å². The summed E-state index contributed by atoms with van der Waals surface area (Å²) >= 11 is 0. The summed E-state index contributed by atoms with van der Waals surface area (Å²) in [7, 11) is 1.64. The highest BCUT2D eigenvalue weighted by molar-refractivity contribution is 5.92. The Kier molecular flexibility index (Phi) is 5.81. The van der Waals surface area contributed by atoms with Crippen molar-refractivity contribution < 1.29 is 18.7 Å². The van der Waals surface area contributed by atoms with Crippen LogP contribution in [0.2, 0.25) is 0 Å². The number of rotatable bonds is 6. The van der Waals surface area contributed by atoms with Gasteiger partial charge in [-0.1, -0.05) is 13.0 Å². The summed E-state index contributed by atoms with van der Waals surface area (Å²) in [5, 5.41) is 0. The fourth-order valence-electron chi connectivity index (χ4n) is 3.24. The molecule has 1 aliphatic rings. The molecule has 1 aromatic carbocycles. The molecule has 0 spiro atoms. The molecule has 0 unspecified atom stereocenters. The van der Waals surface area contributed by atoms with E-state index in [1.54, 1.807) is 7.11 Å². The van der Waals surface area contributed by atoms with Crippen LogP contribution < -0.4 is 9.47 Å². The van der Waals surface area contributed by atoms with Crippen molar-refractivity contribution in [2.24, 2.45) is 5.92 Å². The number of carbonyl (C=O) groups is 1. The van der Waals surface area contributed by atoms with E-state index in [1.807, 2.05) is 43.0 Å². The average Bonchev–Trinajstić information content (AvgIpc) is 3.07. The van der Waals surface area contributed by atoms with Gasteiger partial charge in [-0.15, -0.1) is 0 Å². The van der Waals surface area contributed by atoms with Crippen molar-refractivity contribution in [1.82, 2.24) is 9.88 Å². The molecule has 6 heteroatoms. The second-order valence-electron chi connectivity index (χ2n) is 6.63. The monoisotopic (exact) mass is 358 g/mol. The number of hydrogen-bond donors (Lipinski definition) is 0. The first-order valence-electron chi connectivity index (χ1n) is 9.13. The molecule has 1 saturated heterocycles. The number of methoxy groups -OCH3 is 1. The number of oxazole rings is 1. The van der Waals surface area contributed by atoms with E-state index in [1.165, 1.54) is 0 Å². The molecular formula is C20H26N2O4. The van der Waals surface area contributed by atoms with Gasteiger partial charge in [-0.05, 0) is 31.9 Å². The van der Waals surface area contributed by atoms with E-state index < -0.39 is 0 Å². The summed E-state index contributed by atoms with van der Waals surface area (Å²) < 4.78 is 16.8. The molecule has 0 N–H and O–H groups in total. The maximum Gasteiger partial charge on any atom is 0.291 e. The third kappa shape index (κ3) is 4.18. The van der Waals surface area contributed by atoms with Crippen molar-refractivity contribution in [3.63, 3.8) is 0 Å². The van der Waals surface area contributed by atoms with E-state index in [9.17, 15) is 4.79 Å². The van der Waals surface area contributed by atoms with Gasteiger partial charge in [-0.2, -0.15) is 0 Å². The van der Waals surface area contributed by atoms with Crippen molar-refractivity contribution in [3.05, 3.63) is 41.6 Å². The van der Waals surface area contributed by atoms with Crippen LogP contribution in [0.4, 0.5) is 0 Å². The van der Waals surface area contributed by atoms with Gasteiger partial charge in [-0.25, -0.2) is 4.98 Å². The van der Waals surface area contributed by atoms with Crippen LogP contribution in [0.5, 0.6) is 11.5 Å². The van der Waals surface area contributed by atoms with Crippen LogP contribution in [-0.2, 0) is 6.42 Å². The Morgan fingerprint density at radius 1 is 1.38 bits per heavy atom. The Bertz CT molecular complexity index is 756. The molecule has 0 radical (unpaired) electrons. The molecule has 0 saturated carbocycles. The normalized spacial score (nSPS) is 17.2. The predicted molar refractivity (Wildman–Crippen MR) is 97.7 cm³/mol. The molecule has 26 heavy (non-hydrogen) atoms. The number of carbonyl (C=O) groups excluding carboxylic acids is 1. The zero-order valence-corrected chi connectivity index (χ0v) is 15.7. The Balaban J connectivity index is 1.59. The number of likely N-dealkylation sites (tertiary alicyclic amines) is 1. The third-order valence-electron chi connectivity index (χ3n) is 4.67. The summed E-state index contributed by atoms with van der Waals surface area (Å²) in [6.07, 6.45) is 2.69. The molecule has 1 fully saturated rings. The number of aromatic nitrogens is 1. The fourth-order valence-corrected chi connectivity index (χ4v) is 3.24. The highest BCUT2D eigenvalue weighted by Gasteiger charge is 2.28. The lowest BCUT2D eigenvalue weighted by Gasteiger charge is -2.32. The zero-order valence-electron chi connectivity index (χ0n) is 15.7. The standard InChI is InChI=1S/C20H26N2O4/c1-4-18-21-14(2)19(26-18)20(23)22-10-6-7-15(12-22)13-25-17-9-5-8-16(11-17)24-3/h5,8-9,11,15H,4,6-7,10,12-13H2,1-3H3/t15-/m1/s1. The van der Waals surface area contributed by atoms with Gasteiger partial charge in [0.05, 0.1) is 19.4 Å². The van der Waals surface area contributed by atoms with Gasteiger partial charge in [0.1, 0.15) is 11.5 Å². The van der Waals surface area contributed by atoms with Crippen LogP contribution in [0, 0.1) is 12.8 Å². The summed E-state index contributed by atoms with van der Waals surface area (Å²) in [6.45, 7) is 5.78. The zero-order chi connectivity index (χ0) is 18.5. The van der Waals surface area contributed by atoms with Gasteiger partial charge in [-0.3, -0.25) is 4.79 Å². The minimum absolute atomic E-state index is 0.0687. The number of nitrogens with zero attached hydrogens (tertiary/aromatic N) is 2. The fraction of sp³-hybridized carbons (Fsp3) is 0.500. The minimum atomic E-state index is -0.0687.